The fraction of sp³-hybridized carbons (Fsp3) is 0.625. The topological polar surface area (TPSA) is 137 Å². The number of carbonyl (C=O) groups is 2. The van der Waals surface area contributed by atoms with E-state index in [1.807, 2.05) is 6.07 Å². The van der Waals surface area contributed by atoms with Gasteiger partial charge in [-0.25, -0.2) is 22.0 Å². The molecule has 1 saturated heterocycles. The van der Waals surface area contributed by atoms with Gasteiger partial charge in [0.1, 0.15) is 11.3 Å². The molecular formula is C24H27ClF5N3O6S. The van der Waals surface area contributed by atoms with E-state index in [1.54, 1.807) is 0 Å². The number of rotatable bonds is 6. The van der Waals surface area contributed by atoms with Crippen molar-refractivity contribution in [3.05, 3.63) is 23.2 Å². The number of hydrogen-bond acceptors (Lipinski definition) is 6. The number of benzene rings is 1. The van der Waals surface area contributed by atoms with Gasteiger partial charge in [-0.3, -0.25) is 4.79 Å². The molecule has 2 N–H and O–H groups in total. The van der Waals surface area contributed by atoms with Crippen LogP contribution in [0, 0.1) is 17.2 Å². The Bertz CT molecular complexity index is 1280. The number of carbonyl (C=O) groups excluding carboxylic acids is 1. The summed E-state index contributed by atoms with van der Waals surface area (Å²) in [6.45, 7) is 0.0806. The molecule has 40 heavy (non-hydrogen) atoms. The standard InChI is InChI=1S/C19H21ClF5NO4S.C5H6N2O2/c1-11(19(23,24)25)30-13-3-5-16(15(20)9-13)31(28,29)14-4-2-12(8-14)17(27)26-7-6-18(21,22)10-26;6-3-5(1-2-5)7-4(8)9/h3,5,9,11-12,14H,2,4,6-8,10H2,1H3;7H,1-2H2,(H,8,9)/t11-,12+,14+;/m0./s1. The van der Waals surface area contributed by atoms with Gasteiger partial charge < -0.3 is 20.1 Å². The van der Waals surface area contributed by atoms with E-state index in [0.29, 0.717) is 12.8 Å². The average molecular weight is 616 g/mol. The number of carboxylic acid groups (broad SMARTS) is 1. The zero-order valence-corrected chi connectivity index (χ0v) is 22.8. The Labute approximate surface area is 232 Å². The first-order valence-corrected chi connectivity index (χ1v) is 14.2. The molecule has 1 aliphatic heterocycles. The maximum atomic E-state index is 13.4. The van der Waals surface area contributed by atoms with Gasteiger partial charge in [0.15, 0.2) is 15.9 Å². The van der Waals surface area contributed by atoms with Gasteiger partial charge >= 0.3 is 12.3 Å². The van der Waals surface area contributed by atoms with E-state index in [9.17, 15) is 40.0 Å². The van der Waals surface area contributed by atoms with Gasteiger partial charge in [-0.05, 0) is 51.2 Å². The van der Waals surface area contributed by atoms with Crippen LogP contribution in [0.4, 0.5) is 26.7 Å². The molecule has 0 aromatic heterocycles. The Balaban J connectivity index is 0.000000415. The summed E-state index contributed by atoms with van der Waals surface area (Å²) >= 11 is 6.03. The van der Waals surface area contributed by atoms with E-state index in [0.717, 1.165) is 30.0 Å². The Morgan fingerprint density at radius 2 is 1.90 bits per heavy atom. The molecule has 2 aliphatic carbocycles. The zero-order chi connectivity index (χ0) is 30.1. The van der Waals surface area contributed by atoms with Crippen molar-refractivity contribution in [2.75, 3.05) is 13.1 Å². The molecule has 1 aromatic rings. The SMILES string of the molecule is C[C@H](Oc1ccc(S(=O)(=O)[C@@H]2CC[C@@H](C(=O)N3CCC(F)(F)C3)C2)c(Cl)c1)C(F)(F)F.N#CC1(NC(=O)O)CC1. The molecule has 16 heteroatoms. The van der Waals surface area contributed by atoms with Crippen LogP contribution in [0.5, 0.6) is 5.75 Å². The fourth-order valence-electron chi connectivity index (χ4n) is 4.46. The lowest BCUT2D eigenvalue weighted by Gasteiger charge is -2.20. The van der Waals surface area contributed by atoms with E-state index in [2.05, 4.69) is 5.32 Å². The summed E-state index contributed by atoms with van der Waals surface area (Å²) in [4.78, 5) is 23.3. The Kier molecular flexibility index (Phi) is 9.15. The second kappa shape index (κ2) is 11.6. The van der Waals surface area contributed by atoms with Crippen molar-refractivity contribution >= 4 is 33.4 Å². The zero-order valence-electron chi connectivity index (χ0n) is 21.2. The van der Waals surface area contributed by atoms with Gasteiger partial charge in [-0.1, -0.05) is 11.6 Å². The molecule has 9 nitrogen and oxygen atoms in total. The highest BCUT2D eigenvalue weighted by molar-refractivity contribution is 7.92. The first kappa shape index (κ1) is 31.7. The average Bonchev–Trinajstić information content (AvgIpc) is 3.24. The minimum atomic E-state index is -4.60. The lowest BCUT2D eigenvalue weighted by atomic mass is 10.1. The lowest BCUT2D eigenvalue weighted by Crippen LogP contribution is -2.35. The van der Waals surface area contributed by atoms with E-state index < -0.39 is 69.7 Å². The number of sulfone groups is 1. The second-order valence-electron chi connectivity index (χ2n) is 10.1. The van der Waals surface area contributed by atoms with Crippen LogP contribution in [0.1, 0.15) is 45.4 Å². The van der Waals surface area contributed by atoms with Crippen molar-refractivity contribution in [1.82, 2.24) is 10.2 Å². The van der Waals surface area contributed by atoms with Gasteiger partial charge in [-0.2, -0.15) is 18.4 Å². The first-order chi connectivity index (χ1) is 18.4. The minimum absolute atomic E-state index is 0.0249. The van der Waals surface area contributed by atoms with Gasteiger partial charge in [0.25, 0.3) is 5.92 Å². The highest BCUT2D eigenvalue weighted by atomic mass is 35.5. The van der Waals surface area contributed by atoms with E-state index in [4.69, 9.17) is 26.7 Å². The summed E-state index contributed by atoms with van der Waals surface area (Å²) in [5, 5.41) is 17.4. The molecule has 0 unspecified atom stereocenters. The highest BCUT2D eigenvalue weighted by Crippen LogP contribution is 2.39. The van der Waals surface area contributed by atoms with Crippen molar-refractivity contribution < 1.29 is 49.8 Å². The number of alkyl halides is 5. The molecule has 3 atom stereocenters. The summed E-state index contributed by atoms with van der Waals surface area (Å²) in [6.07, 6.45) is -6.56. The monoisotopic (exact) mass is 615 g/mol. The molecule has 4 rings (SSSR count). The van der Waals surface area contributed by atoms with E-state index in [1.165, 1.54) is 0 Å². The van der Waals surface area contributed by atoms with Crippen LogP contribution >= 0.6 is 11.6 Å². The van der Waals surface area contributed by atoms with Crippen LogP contribution in [-0.4, -0.2) is 72.5 Å². The Morgan fingerprint density at radius 1 is 1.25 bits per heavy atom. The van der Waals surface area contributed by atoms with Crippen LogP contribution < -0.4 is 10.1 Å². The van der Waals surface area contributed by atoms with Crippen LogP contribution in [0.3, 0.4) is 0 Å². The van der Waals surface area contributed by atoms with Crippen LogP contribution in [0.2, 0.25) is 5.02 Å². The number of likely N-dealkylation sites (tertiary alicyclic amines) is 1. The fourth-order valence-corrected chi connectivity index (χ4v) is 6.83. The number of hydrogen-bond donors (Lipinski definition) is 2. The Hall–Kier alpha value is -2.86. The molecule has 222 valence electrons. The number of ether oxygens (including phenoxy) is 1. The first-order valence-electron chi connectivity index (χ1n) is 12.2. The summed E-state index contributed by atoms with van der Waals surface area (Å²) in [6, 6.07) is 5.06. The van der Waals surface area contributed by atoms with Gasteiger partial charge in [-0.15, -0.1) is 0 Å². The smallest absolute Gasteiger partial charge is 0.425 e. The maximum Gasteiger partial charge on any atom is 0.425 e. The number of amides is 2. The molecule has 2 saturated carbocycles. The summed E-state index contributed by atoms with van der Waals surface area (Å²) in [7, 11) is -3.98. The van der Waals surface area contributed by atoms with E-state index in [-0.39, 0.29) is 41.5 Å². The minimum Gasteiger partial charge on any atom is -0.481 e. The predicted octanol–water partition coefficient (Wildman–Crippen LogP) is 4.79. The lowest BCUT2D eigenvalue weighted by molar-refractivity contribution is -0.189. The molecule has 1 aromatic carbocycles. The van der Waals surface area contributed by atoms with Crippen molar-refractivity contribution in [3.8, 4) is 11.8 Å². The maximum absolute atomic E-state index is 13.4. The second-order valence-corrected chi connectivity index (χ2v) is 12.7. The molecule has 1 heterocycles. The number of nitriles is 1. The van der Waals surface area contributed by atoms with Crippen molar-refractivity contribution in [3.63, 3.8) is 0 Å². The van der Waals surface area contributed by atoms with Crippen LogP contribution in [0.25, 0.3) is 0 Å². The van der Waals surface area contributed by atoms with Gasteiger partial charge in [0, 0.05) is 24.9 Å². The highest BCUT2D eigenvalue weighted by Gasteiger charge is 2.46. The third-order valence-electron chi connectivity index (χ3n) is 6.95. The molecular weight excluding hydrogens is 589 g/mol. The molecule has 3 fully saturated rings. The van der Waals surface area contributed by atoms with Crippen molar-refractivity contribution in [1.29, 1.82) is 5.26 Å². The normalized spacial score (nSPS) is 23.8. The van der Waals surface area contributed by atoms with Gasteiger partial charge in [0.2, 0.25) is 5.91 Å². The van der Waals surface area contributed by atoms with Gasteiger partial charge in [0.05, 0.1) is 27.8 Å². The van der Waals surface area contributed by atoms with Crippen molar-refractivity contribution in [2.24, 2.45) is 5.92 Å². The summed E-state index contributed by atoms with van der Waals surface area (Å²) < 4.78 is 95.4. The molecule has 0 spiro atoms. The van der Waals surface area contributed by atoms with Crippen LogP contribution in [0.15, 0.2) is 23.1 Å². The Morgan fingerprint density at radius 3 is 2.35 bits per heavy atom. The predicted molar refractivity (Wildman–Crippen MR) is 131 cm³/mol. The number of nitrogens with one attached hydrogen (secondary N) is 1. The summed E-state index contributed by atoms with van der Waals surface area (Å²) in [5.41, 5.74) is -0.730. The largest absolute Gasteiger partial charge is 0.481 e. The molecule has 3 aliphatic rings. The number of halogens is 6. The molecule has 2 amide bonds. The van der Waals surface area contributed by atoms with Crippen LogP contribution in [-0.2, 0) is 14.6 Å². The molecule has 0 radical (unpaired) electrons. The molecule has 0 bridgehead atoms. The summed E-state index contributed by atoms with van der Waals surface area (Å²) in [5.74, 6) is -4.32. The quantitative estimate of drug-likeness (QED) is 0.439. The van der Waals surface area contributed by atoms with E-state index >= 15 is 0 Å². The number of nitrogens with zero attached hydrogens (tertiary/aromatic N) is 2. The third-order valence-corrected chi connectivity index (χ3v) is 9.65. The van der Waals surface area contributed by atoms with Crippen molar-refractivity contribution in [2.45, 2.75) is 79.3 Å². The third kappa shape index (κ3) is 7.66.